The Labute approximate surface area is 173 Å². The zero-order valence-corrected chi connectivity index (χ0v) is 17.7. The molecule has 0 atom stereocenters. The van der Waals surface area contributed by atoms with Crippen LogP contribution in [0.15, 0.2) is 48.5 Å². The molecule has 2 aromatic rings. The van der Waals surface area contributed by atoms with Crippen LogP contribution in [0.4, 0.5) is 0 Å². The van der Waals surface area contributed by atoms with E-state index >= 15 is 0 Å². The summed E-state index contributed by atoms with van der Waals surface area (Å²) >= 11 is 0. The summed E-state index contributed by atoms with van der Waals surface area (Å²) in [7, 11) is 0. The minimum absolute atomic E-state index is 0.0684. The molecule has 1 heterocycles. The highest BCUT2D eigenvalue weighted by molar-refractivity contribution is 5.94. The van der Waals surface area contributed by atoms with E-state index in [1.165, 1.54) is 5.56 Å². The summed E-state index contributed by atoms with van der Waals surface area (Å²) in [4.78, 5) is 16.8. The summed E-state index contributed by atoms with van der Waals surface area (Å²) in [5.74, 6) is 0.915. The quantitative estimate of drug-likeness (QED) is 0.814. The molecule has 1 fully saturated rings. The SMILES string of the molecule is CC(C)(C)c1ccc(OCc2ccc(C(=O)N3CCN(CCO)CC3)cc2)cc1. The van der Waals surface area contributed by atoms with Gasteiger partial charge in [-0.1, -0.05) is 45.0 Å². The van der Waals surface area contributed by atoms with Gasteiger partial charge in [0.25, 0.3) is 5.91 Å². The van der Waals surface area contributed by atoms with E-state index < -0.39 is 0 Å². The maximum absolute atomic E-state index is 12.7. The Kier molecular flexibility index (Phi) is 6.93. The lowest BCUT2D eigenvalue weighted by atomic mass is 9.87. The molecule has 0 aliphatic carbocycles. The molecule has 1 N–H and O–H groups in total. The van der Waals surface area contributed by atoms with Gasteiger partial charge >= 0.3 is 0 Å². The monoisotopic (exact) mass is 396 g/mol. The molecule has 156 valence electrons. The number of rotatable bonds is 6. The average Bonchev–Trinajstić information content (AvgIpc) is 2.73. The first-order valence-electron chi connectivity index (χ1n) is 10.3. The van der Waals surface area contributed by atoms with Crippen molar-refractivity contribution >= 4 is 5.91 Å². The molecule has 1 aliphatic rings. The van der Waals surface area contributed by atoms with Crippen LogP contribution in [0.2, 0.25) is 0 Å². The highest BCUT2D eigenvalue weighted by Crippen LogP contribution is 2.24. The molecule has 0 saturated carbocycles. The highest BCUT2D eigenvalue weighted by Gasteiger charge is 2.21. The third-order valence-corrected chi connectivity index (χ3v) is 5.40. The predicted octanol–water partition coefficient (Wildman–Crippen LogP) is 3.31. The van der Waals surface area contributed by atoms with Crippen molar-refractivity contribution in [2.24, 2.45) is 0 Å². The molecule has 0 spiro atoms. The minimum atomic E-state index is 0.0684. The number of aliphatic hydroxyl groups is 1. The topological polar surface area (TPSA) is 53.0 Å². The first kappa shape index (κ1) is 21.3. The number of hydrogen-bond acceptors (Lipinski definition) is 4. The van der Waals surface area contributed by atoms with Crippen molar-refractivity contribution in [1.29, 1.82) is 0 Å². The van der Waals surface area contributed by atoms with Gasteiger partial charge in [-0.15, -0.1) is 0 Å². The Morgan fingerprint density at radius 1 is 0.966 bits per heavy atom. The van der Waals surface area contributed by atoms with Crippen molar-refractivity contribution < 1.29 is 14.6 Å². The molecule has 5 heteroatoms. The minimum Gasteiger partial charge on any atom is -0.489 e. The molecule has 3 rings (SSSR count). The van der Waals surface area contributed by atoms with Crippen LogP contribution in [0.1, 0.15) is 42.3 Å². The lowest BCUT2D eigenvalue weighted by molar-refractivity contribution is 0.0615. The van der Waals surface area contributed by atoms with Gasteiger partial charge in [-0.25, -0.2) is 0 Å². The van der Waals surface area contributed by atoms with Gasteiger partial charge in [-0.3, -0.25) is 9.69 Å². The molecule has 0 radical (unpaired) electrons. The van der Waals surface area contributed by atoms with Gasteiger partial charge in [0.1, 0.15) is 12.4 Å². The smallest absolute Gasteiger partial charge is 0.253 e. The molecular weight excluding hydrogens is 364 g/mol. The van der Waals surface area contributed by atoms with Crippen LogP contribution in [0.5, 0.6) is 5.75 Å². The lowest BCUT2D eigenvalue weighted by Gasteiger charge is -2.34. The van der Waals surface area contributed by atoms with Crippen molar-refractivity contribution in [3.63, 3.8) is 0 Å². The Morgan fingerprint density at radius 2 is 1.59 bits per heavy atom. The van der Waals surface area contributed by atoms with Gasteiger partial charge in [0.05, 0.1) is 6.61 Å². The van der Waals surface area contributed by atoms with Gasteiger partial charge in [0, 0.05) is 38.3 Å². The molecule has 0 unspecified atom stereocenters. The number of carbonyl (C=O) groups excluding carboxylic acids is 1. The van der Waals surface area contributed by atoms with Crippen molar-refractivity contribution in [3.8, 4) is 5.75 Å². The molecule has 2 aromatic carbocycles. The zero-order valence-electron chi connectivity index (χ0n) is 17.7. The number of β-amino-alcohol motifs (C(OH)–C–C–N with tert-alkyl or cyclic N) is 1. The zero-order chi connectivity index (χ0) is 20.9. The summed E-state index contributed by atoms with van der Waals surface area (Å²) in [6.07, 6.45) is 0. The molecule has 0 bridgehead atoms. The van der Waals surface area contributed by atoms with E-state index in [4.69, 9.17) is 9.84 Å². The first-order valence-corrected chi connectivity index (χ1v) is 10.3. The molecule has 1 aliphatic heterocycles. The van der Waals surface area contributed by atoms with E-state index in [0.717, 1.165) is 24.4 Å². The normalized spacial score (nSPS) is 15.4. The second-order valence-corrected chi connectivity index (χ2v) is 8.62. The van der Waals surface area contributed by atoms with E-state index in [-0.39, 0.29) is 17.9 Å². The number of amides is 1. The average molecular weight is 397 g/mol. The largest absolute Gasteiger partial charge is 0.489 e. The van der Waals surface area contributed by atoms with Crippen molar-refractivity contribution in [3.05, 3.63) is 65.2 Å². The number of hydrogen-bond donors (Lipinski definition) is 1. The fourth-order valence-electron chi connectivity index (χ4n) is 3.46. The second kappa shape index (κ2) is 9.42. The van der Waals surface area contributed by atoms with Crippen molar-refractivity contribution in [2.45, 2.75) is 32.8 Å². The van der Waals surface area contributed by atoms with Crippen LogP contribution < -0.4 is 4.74 Å². The van der Waals surface area contributed by atoms with Crippen molar-refractivity contribution in [2.75, 3.05) is 39.3 Å². The van der Waals surface area contributed by atoms with E-state index in [9.17, 15) is 4.79 Å². The maximum atomic E-state index is 12.7. The molecular formula is C24H32N2O3. The third kappa shape index (κ3) is 5.81. The Balaban J connectivity index is 1.52. The number of piperazine rings is 1. The number of ether oxygens (including phenoxy) is 1. The summed E-state index contributed by atoms with van der Waals surface area (Å²) in [6, 6.07) is 15.9. The Morgan fingerprint density at radius 3 is 2.14 bits per heavy atom. The van der Waals surface area contributed by atoms with E-state index in [1.54, 1.807) is 0 Å². The summed E-state index contributed by atoms with van der Waals surface area (Å²) in [5, 5.41) is 9.03. The highest BCUT2D eigenvalue weighted by atomic mass is 16.5. The number of benzene rings is 2. The van der Waals surface area contributed by atoms with Crippen LogP contribution in [0, 0.1) is 0 Å². The van der Waals surface area contributed by atoms with Gasteiger partial charge in [0.15, 0.2) is 0 Å². The Bertz CT molecular complexity index is 786. The predicted molar refractivity (Wildman–Crippen MR) is 115 cm³/mol. The van der Waals surface area contributed by atoms with E-state index in [2.05, 4.69) is 37.8 Å². The molecule has 1 saturated heterocycles. The molecule has 29 heavy (non-hydrogen) atoms. The lowest BCUT2D eigenvalue weighted by Crippen LogP contribution is -2.49. The van der Waals surface area contributed by atoms with Crippen LogP contribution in [0.3, 0.4) is 0 Å². The standard InChI is InChI=1S/C24H32N2O3/c1-24(2,3)21-8-10-22(11-9-21)29-18-19-4-6-20(7-5-19)23(28)26-14-12-25(13-15-26)16-17-27/h4-11,27H,12-18H2,1-3H3. The van der Waals surface area contributed by atoms with Gasteiger partial charge < -0.3 is 14.7 Å². The summed E-state index contributed by atoms with van der Waals surface area (Å²) in [6.45, 7) is 10.9. The van der Waals surface area contributed by atoms with E-state index in [0.29, 0.717) is 31.8 Å². The fraction of sp³-hybridized carbons (Fsp3) is 0.458. The van der Waals surface area contributed by atoms with Gasteiger partial charge in [0.2, 0.25) is 0 Å². The summed E-state index contributed by atoms with van der Waals surface area (Å²) in [5.41, 5.74) is 3.16. The number of aliphatic hydroxyl groups excluding tert-OH is 1. The fourth-order valence-corrected chi connectivity index (χ4v) is 3.46. The second-order valence-electron chi connectivity index (χ2n) is 8.62. The number of nitrogens with zero attached hydrogens (tertiary/aromatic N) is 2. The van der Waals surface area contributed by atoms with Gasteiger partial charge in [-0.2, -0.15) is 0 Å². The number of carbonyl (C=O) groups is 1. The third-order valence-electron chi connectivity index (χ3n) is 5.40. The maximum Gasteiger partial charge on any atom is 0.253 e. The van der Waals surface area contributed by atoms with Gasteiger partial charge in [-0.05, 0) is 40.8 Å². The molecule has 5 nitrogen and oxygen atoms in total. The summed E-state index contributed by atoms with van der Waals surface area (Å²) < 4.78 is 5.89. The van der Waals surface area contributed by atoms with E-state index in [1.807, 2.05) is 41.3 Å². The van der Waals surface area contributed by atoms with Crippen LogP contribution in [-0.4, -0.2) is 60.1 Å². The first-order chi connectivity index (χ1) is 13.9. The van der Waals surface area contributed by atoms with Crippen LogP contribution in [-0.2, 0) is 12.0 Å². The van der Waals surface area contributed by atoms with Crippen LogP contribution >= 0.6 is 0 Å². The van der Waals surface area contributed by atoms with Crippen molar-refractivity contribution in [1.82, 2.24) is 9.80 Å². The Hall–Kier alpha value is -2.37. The molecule has 0 aromatic heterocycles. The molecule has 1 amide bonds. The van der Waals surface area contributed by atoms with Crippen LogP contribution in [0.25, 0.3) is 0 Å².